The number of hydrogen-bond donors (Lipinski definition) is 0. The lowest BCUT2D eigenvalue weighted by Crippen LogP contribution is -1.78. The SMILES string of the molecule is CC(C)=CCC/C(C)=C/CC/C=C/CC/C=C/CC/C=C(\C)CCC=C(C)C. The van der Waals surface area contributed by atoms with E-state index in [1.807, 2.05) is 0 Å². The molecular weight excluding hydrogens is 336 g/mol. The van der Waals surface area contributed by atoms with E-state index in [0.29, 0.717) is 0 Å². The third-order valence-corrected chi connectivity index (χ3v) is 4.67. The van der Waals surface area contributed by atoms with E-state index in [9.17, 15) is 0 Å². The summed E-state index contributed by atoms with van der Waals surface area (Å²) in [6, 6.07) is 0. The van der Waals surface area contributed by atoms with Gasteiger partial charge in [0.05, 0.1) is 0 Å². The average molecular weight is 383 g/mol. The molecule has 0 fully saturated rings. The summed E-state index contributed by atoms with van der Waals surface area (Å²) in [6.45, 7) is 13.2. The largest absolute Gasteiger partial charge is 0.0882 e. The van der Waals surface area contributed by atoms with E-state index in [-0.39, 0.29) is 0 Å². The molecule has 0 heterocycles. The van der Waals surface area contributed by atoms with Crippen LogP contribution >= 0.6 is 0 Å². The monoisotopic (exact) mass is 382 g/mol. The molecule has 0 atom stereocenters. The van der Waals surface area contributed by atoms with E-state index in [0.717, 1.165) is 12.8 Å². The Balaban J connectivity index is 3.68. The van der Waals surface area contributed by atoms with Gasteiger partial charge in [0.15, 0.2) is 0 Å². The highest BCUT2D eigenvalue weighted by atomic mass is 14.0. The summed E-state index contributed by atoms with van der Waals surface area (Å²) in [5.41, 5.74) is 5.89. The summed E-state index contributed by atoms with van der Waals surface area (Å²) < 4.78 is 0. The molecular formula is C28H46. The smallest absolute Gasteiger partial charge is 0.0288 e. The third kappa shape index (κ3) is 20.7. The molecule has 0 unspecified atom stereocenters. The van der Waals surface area contributed by atoms with Crippen LogP contribution in [0.5, 0.6) is 0 Å². The molecule has 0 radical (unpaired) electrons. The van der Waals surface area contributed by atoms with Gasteiger partial charge in [-0.05, 0) is 106 Å². The van der Waals surface area contributed by atoms with Gasteiger partial charge in [0, 0.05) is 0 Å². The molecule has 0 aromatic carbocycles. The van der Waals surface area contributed by atoms with Crippen LogP contribution in [0, 0.1) is 0 Å². The highest BCUT2D eigenvalue weighted by Gasteiger charge is 1.90. The minimum atomic E-state index is 1.16. The van der Waals surface area contributed by atoms with Crippen molar-refractivity contribution < 1.29 is 0 Å². The summed E-state index contributed by atoms with van der Waals surface area (Å²) in [4.78, 5) is 0. The fraction of sp³-hybridized carbons (Fsp3) is 0.571. The predicted octanol–water partition coefficient (Wildman–Crippen LogP) is 9.82. The van der Waals surface area contributed by atoms with Gasteiger partial charge in [-0.25, -0.2) is 0 Å². The average Bonchev–Trinajstić information content (AvgIpc) is 2.62. The van der Waals surface area contributed by atoms with E-state index in [4.69, 9.17) is 0 Å². The maximum absolute atomic E-state index is 2.40. The molecule has 158 valence electrons. The molecule has 0 aromatic heterocycles. The zero-order chi connectivity index (χ0) is 21.0. The van der Waals surface area contributed by atoms with Gasteiger partial charge < -0.3 is 0 Å². The second-order valence-electron chi connectivity index (χ2n) is 8.42. The fourth-order valence-electron chi connectivity index (χ4n) is 2.90. The van der Waals surface area contributed by atoms with Crippen molar-refractivity contribution in [2.75, 3.05) is 0 Å². The van der Waals surface area contributed by atoms with Crippen LogP contribution in [0.3, 0.4) is 0 Å². The molecule has 0 bridgehead atoms. The van der Waals surface area contributed by atoms with Gasteiger partial charge in [0.2, 0.25) is 0 Å². The summed E-state index contributed by atoms with van der Waals surface area (Å²) in [7, 11) is 0. The number of allylic oxidation sites excluding steroid dienone is 12. The van der Waals surface area contributed by atoms with Crippen molar-refractivity contribution in [1.29, 1.82) is 0 Å². The van der Waals surface area contributed by atoms with Crippen LogP contribution in [0.1, 0.15) is 106 Å². The van der Waals surface area contributed by atoms with Gasteiger partial charge in [0.25, 0.3) is 0 Å². The second kappa shape index (κ2) is 18.8. The van der Waals surface area contributed by atoms with Gasteiger partial charge in [0.1, 0.15) is 0 Å². The lowest BCUT2D eigenvalue weighted by atomic mass is 10.1. The van der Waals surface area contributed by atoms with Crippen molar-refractivity contribution in [2.24, 2.45) is 0 Å². The minimum absolute atomic E-state index is 1.16. The highest BCUT2D eigenvalue weighted by molar-refractivity contribution is 5.04. The van der Waals surface area contributed by atoms with E-state index in [1.54, 1.807) is 0 Å². The van der Waals surface area contributed by atoms with Crippen molar-refractivity contribution in [3.05, 3.63) is 70.9 Å². The Morgan fingerprint density at radius 3 is 1.04 bits per heavy atom. The van der Waals surface area contributed by atoms with Crippen molar-refractivity contribution in [1.82, 2.24) is 0 Å². The Morgan fingerprint density at radius 2 is 0.714 bits per heavy atom. The Bertz CT molecular complexity index is 501. The van der Waals surface area contributed by atoms with E-state index < -0.39 is 0 Å². The molecule has 0 amide bonds. The molecule has 0 aliphatic rings. The fourth-order valence-corrected chi connectivity index (χ4v) is 2.90. The van der Waals surface area contributed by atoms with Crippen molar-refractivity contribution in [3.63, 3.8) is 0 Å². The van der Waals surface area contributed by atoms with Gasteiger partial charge in [-0.1, -0.05) is 70.9 Å². The first-order valence-electron chi connectivity index (χ1n) is 11.3. The normalized spacial score (nSPS) is 12.8. The summed E-state index contributed by atoms with van der Waals surface area (Å²) in [5, 5.41) is 0. The van der Waals surface area contributed by atoms with Crippen LogP contribution in [0.25, 0.3) is 0 Å². The van der Waals surface area contributed by atoms with Crippen LogP contribution in [-0.2, 0) is 0 Å². The molecule has 0 aliphatic heterocycles. The first-order valence-corrected chi connectivity index (χ1v) is 11.3. The molecule has 0 aliphatic carbocycles. The van der Waals surface area contributed by atoms with Gasteiger partial charge in [-0.15, -0.1) is 0 Å². The van der Waals surface area contributed by atoms with Crippen LogP contribution in [-0.4, -0.2) is 0 Å². The number of rotatable bonds is 15. The molecule has 0 aromatic rings. The van der Waals surface area contributed by atoms with Crippen molar-refractivity contribution in [3.8, 4) is 0 Å². The van der Waals surface area contributed by atoms with Gasteiger partial charge in [-0.2, -0.15) is 0 Å². The van der Waals surface area contributed by atoms with E-state index in [2.05, 4.69) is 90.2 Å². The molecule has 0 nitrogen and oxygen atoms in total. The lowest BCUT2D eigenvalue weighted by molar-refractivity contribution is 0.929. The predicted molar refractivity (Wildman–Crippen MR) is 131 cm³/mol. The maximum atomic E-state index is 2.40. The molecule has 0 spiro atoms. The quantitative estimate of drug-likeness (QED) is 0.195. The molecule has 0 N–H and O–H groups in total. The summed E-state index contributed by atoms with van der Waals surface area (Å²) >= 11 is 0. The van der Waals surface area contributed by atoms with Crippen LogP contribution in [0.4, 0.5) is 0 Å². The Hall–Kier alpha value is -1.56. The number of hydrogen-bond acceptors (Lipinski definition) is 0. The molecule has 0 rings (SSSR count). The van der Waals surface area contributed by atoms with Gasteiger partial charge in [-0.3, -0.25) is 0 Å². The summed E-state index contributed by atoms with van der Waals surface area (Å²) in [6.07, 6.45) is 30.6. The lowest BCUT2D eigenvalue weighted by Gasteiger charge is -1.98. The topological polar surface area (TPSA) is 0 Å². The van der Waals surface area contributed by atoms with Crippen molar-refractivity contribution in [2.45, 2.75) is 106 Å². The highest BCUT2D eigenvalue weighted by Crippen LogP contribution is 2.10. The van der Waals surface area contributed by atoms with Crippen LogP contribution in [0.2, 0.25) is 0 Å². The first-order chi connectivity index (χ1) is 13.4. The second-order valence-corrected chi connectivity index (χ2v) is 8.42. The molecule has 0 heteroatoms. The van der Waals surface area contributed by atoms with Crippen LogP contribution in [0.15, 0.2) is 70.9 Å². The Kier molecular flexibility index (Phi) is 17.7. The number of unbranched alkanes of at least 4 members (excludes halogenated alkanes) is 3. The molecule has 0 saturated carbocycles. The first kappa shape index (κ1) is 26.4. The Labute approximate surface area is 176 Å². The van der Waals surface area contributed by atoms with E-state index >= 15 is 0 Å². The van der Waals surface area contributed by atoms with Crippen LogP contribution < -0.4 is 0 Å². The Morgan fingerprint density at radius 1 is 0.393 bits per heavy atom. The molecule has 28 heavy (non-hydrogen) atoms. The van der Waals surface area contributed by atoms with Crippen molar-refractivity contribution >= 4 is 0 Å². The molecule has 0 saturated heterocycles. The minimum Gasteiger partial charge on any atom is -0.0882 e. The standard InChI is InChI=1S/C28H46/c1-25(2)19-17-23-27(5)21-15-13-11-9-7-8-10-12-14-16-22-28(6)24-18-20-26(3)4/h9-12,19-22H,7-8,13-18,23-24H2,1-6H3/b11-9+,12-10+,27-21+,28-22+. The third-order valence-electron chi connectivity index (χ3n) is 4.67. The zero-order valence-corrected chi connectivity index (χ0v) is 19.7. The van der Waals surface area contributed by atoms with E-state index in [1.165, 1.54) is 73.7 Å². The maximum Gasteiger partial charge on any atom is -0.0288 e. The zero-order valence-electron chi connectivity index (χ0n) is 19.7. The van der Waals surface area contributed by atoms with Gasteiger partial charge >= 0.3 is 0 Å². The summed E-state index contributed by atoms with van der Waals surface area (Å²) in [5.74, 6) is 0.